The second-order valence-electron chi connectivity index (χ2n) is 8.27. The van der Waals surface area contributed by atoms with E-state index >= 15 is 0 Å². The van der Waals surface area contributed by atoms with Crippen LogP contribution in [0.4, 0.5) is 17.3 Å². The molecule has 1 unspecified atom stereocenters. The van der Waals surface area contributed by atoms with Crippen molar-refractivity contribution in [1.82, 2.24) is 15.0 Å². The lowest BCUT2D eigenvalue weighted by atomic mass is 10.1. The van der Waals surface area contributed by atoms with Crippen LogP contribution in [-0.4, -0.2) is 73.2 Å². The summed E-state index contributed by atoms with van der Waals surface area (Å²) in [5.74, 6) is 0.942. The van der Waals surface area contributed by atoms with Crippen LogP contribution in [0.5, 0.6) is 11.5 Å². The van der Waals surface area contributed by atoms with Crippen molar-refractivity contribution in [2.24, 2.45) is 0 Å². The fourth-order valence-corrected chi connectivity index (χ4v) is 4.13. The summed E-state index contributed by atoms with van der Waals surface area (Å²) in [6.45, 7) is 2.30. The van der Waals surface area contributed by atoms with Gasteiger partial charge in [-0.05, 0) is 12.1 Å². The number of sulfone groups is 1. The lowest BCUT2D eigenvalue weighted by molar-refractivity contribution is -0.114. The van der Waals surface area contributed by atoms with E-state index in [-0.39, 0.29) is 47.6 Å². The van der Waals surface area contributed by atoms with Gasteiger partial charge in [0.2, 0.25) is 5.91 Å². The van der Waals surface area contributed by atoms with Gasteiger partial charge in [0, 0.05) is 49.6 Å². The van der Waals surface area contributed by atoms with Crippen LogP contribution in [0.1, 0.15) is 13.3 Å². The van der Waals surface area contributed by atoms with Crippen LogP contribution in [0.2, 0.25) is 0 Å². The van der Waals surface area contributed by atoms with Gasteiger partial charge in [-0.25, -0.2) is 18.4 Å². The molecule has 3 aromatic rings. The quantitative estimate of drug-likeness (QED) is 0.353. The van der Waals surface area contributed by atoms with Gasteiger partial charge in [-0.1, -0.05) is 0 Å². The lowest BCUT2D eigenvalue weighted by Gasteiger charge is -2.15. The largest absolute Gasteiger partial charge is 0.491 e. The van der Waals surface area contributed by atoms with Crippen molar-refractivity contribution in [2.45, 2.75) is 24.5 Å². The van der Waals surface area contributed by atoms with Crippen LogP contribution >= 0.6 is 0 Å². The Hall–Kier alpha value is -3.81. The fourth-order valence-electron chi connectivity index (χ4n) is 3.54. The summed E-state index contributed by atoms with van der Waals surface area (Å²) in [6, 6.07) is 7.92. The summed E-state index contributed by atoms with van der Waals surface area (Å²) in [7, 11) is -3.66. The predicted octanol–water partition coefficient (Wildman–Crippen LogP) is 2.18. The third-order valence-electron chi connectivity index (χ3n) is 5.19. The van der Waals surface area contributed by atoms with E-state index in [4.69, 9.17) is 19.3 Å². The SMILES string of the molecule is CC(=O)Nc1cc(Nc2cc(OCCO)cc(S(C)(=O)=O)n2)c(-c2ccc(OC3CCOC3)cn2)cn1. The first-order valence-corrected chi connectivity index (χ1v) is 13.3. The van der Waals surface area contributed by atoms with E-state index in [2.05, 4.69) is 25.6 Å². The van der Waals surface area contributed by atoms with Gasteiger partial charge in [-0.15, -0.1) is 0 Å². The molecule has 196 valence electrons. The molecule has 1 amide bonds. The van der Waals surface area contributed by atoms with Gasteiger partial charge >= 0.3 is 0 Å². The maximum absolute atomic E-state index is 12.2. The van der Waals surface area contributed by atoms with E-state index in [0.717, 1.165) is 12.7 Å². The minimum Gasteiger partial charge on any atom is -0.491 e. The van der Waals surface area contributed by atoms with Crippen LogP contribution in [0.3, 0.4) is 0 Å². The highest BCUT2D eigenvalue weighted by Gasteiger charge is 2.18. The molecule has 1 saturated heterocycles. The number of carbonyl (C=O) groups is 1. The Labute approximate surface area is 214 Å². The Kier molecular flexibility index (Phi) is 8.16. The predicted molar refractivity (Wildman–Crippen MR) is 135 cm³/mol. The van der Waals surface area contributed by atoms with Gasteiger partial charge in [-0.3, -0.25) is 9.78 Å². The maximum Gasteiger partial charge on any atom is 0.222 e. The number of ether oxygens (including phenoxy) is 3. The number of aliphatic hydroxyl groups excluding tert-OH is 1. The van der Waals surface area contributed by atoms with Crippen LogP contribution in [0.15, 0.2) is 47.8 Å². The Morgan fingerprint density at radius 1 is 1.16 bits per heavy atom. The number of hydrogen-bond donors (Lipinski definition) is 3. The van der Waals surface area contributed by atoms with Crippen molar-refractivity contribution in [3.8, 4) is 22.8 Å². The normalized spacial score (nSPS) is 15.3. The van der Waals surface area contributed by atoms with Crippen molar-refractivity contribution >= 4 is 33.1 Å². The number of rotatable bonds is 10. The Morgan fingerprint density at radius 2 is 2.00 bits per heavy atom. The number of pyridine rings is 3. The van der Waals surface area contributed by atoms with Crippen molar-refractivity contribution in [1.29, 1.82) is 0 Å². The molecule has 0 aromatic carbocycles. The smallest absolute Gasteiger partial charge is 0.222 e. The van der Waals surface area contributed by atoms with Crippen molar-refractivity contribution in [3.05, 3.63) is 42.7 Å². The lowest BCUT2D eigenvalue weighted by Crippen LogP contribution is -2.15. The average molecular weight is 530 g/mol. The molecule has 0 bridgehead atoms. The van der Waals surface area contributed by atoms with Crippen LogP contribution in [0.25, 0.3) is 11.3 Å². The van der Waals surface area contributed by atoms with Crippen molar-refractivity contribution < 1.29 is 32.5 Å². The monoisotopic (exact) mass is 529 g/mol. The first-order chi connectivity index (χ1) is 17.7. The average Bonchev–Trinajstić information content (AvgIpc) is 3.36. The van der Waals surface area contributed by atoms with E-state index in [9.17, 15) is 13.2 Å². The van der Waals surface area contributed by atoms with Gasteiger partial charge in [0.05, 0.1) is 37.4 Å². The molecule has 12 nitrogen and oxygen atoms in total. The standard InChI is InChI=1S/C24H27N5O7S/c1-15(31)27-22-11-21(28-23-9-18(35-8-6-30)10-24(29-23)37(2,32)33)19(13-26-22)20-4-3-16(12-25-20)36-17-5-7-34-14-17/h3-4,9-13,17,30H,5-8,14H2,1-2H3,(H2,26,27,28,29,31). The number of anilines is 3. The Balaban J connectivity index is 1.69. The van der Waals surface area contributed by atoms with Crippen LogP contribution in [0, 0.1) is 0 Å². The molecular weight excluding hydrogens is 502 g/mol. The second kappa shape index (κ2) is 11.5. The zero-order chi connectivity index (χ0) is 26.4. The topological polar surface area (TPSA) is 162 Å². The molecule has 1 aliphatic rings. The minimum absolute atomic E-state index is 0.0149. The first-order valence-electron chi connectivity index (χ1n) is 11.4. The third kappa shape index (κ3) is 7.12. The van der Waals surface area contributed by atoms with Crippen molar-refractivity contribution in [3.63, 3.8) is 0 Å². The third-order valence-corrected chi connectivity index (χ3v) is 6.16. The molecule has 0 saturated carbocycles. The molecule has 4 rings (SSSR count). The number of carbonyl (C=O) groups excluding carboxylic acids is 1. The summed E-state index contributed by atoms with van der Waals surface area (Å²) >= 11 is 0. The van der Waals surface area contributed by atoms with E-state index in [1.807, 2.05) is 0 Å². The first kappa shape index (κ1) is 26.3. The Bertz CT molecular complexity index is 1360. The highest BCUT2D eigenvalue weighted by atomic mass is 32.2. The van der Waals surface area contributed by atoms with E-state index in [1.54, 1.807) is 24.4 Å². The minimum atomic E-state index is -3.66. The summed E-state index contributed by atoms with van der Waals surface area (Å²) in [5.41, 5.74) is 1.57. The summed E-state index contributed by atoms with van der Waals surface area (Å²) in [6.07, 6.45) is 4.97. The summed E-state index contributed by atoms with van der Waals surface area (Å²) in [4.78, 5) is 24.6. The zero-order valence-electron chi connectivity index (χ0n) is 20.3. The zero-order valence-corrected chi connectivity index (χ0v) is 21.1. The molecule has 4 heterocycles. The molecule has 0 aliphatic carbocycles. The molecule has 13 heteroatoms. The van der Waals surface area contributed by atoms with Gasteiger partial charge in [0.25, 0.3) is 0 Å². The van der Waals surface area contributed by atoms with Gasteiger partial charge < -0.3 is 30.0 Å². The highest BCUT2D eigenvalue weighted by molar-refractivity contribution is 7.90. The van der Waals surface area contributed by atoms with E-state index < -0.39 is 9.84 Å². The highest BCUT2D eigenvalue weighted by Crippen LogP contribution is 2.32. The molecule has 37 heavy (non-hydrogen) atoms. The molecule has 1 fully saturated rings. The molecular formula is C24H27N5O7S. The van der Waals surface area contributed by atoms with E-state index in [0.29, 0.717) is 35.9 Å². The van der Waals surface area contributed by atoms with Gasteiger partial charge in [-0.2, -0.15) is 0 Å². The number of aliphatic hydroxyl groups is 1. The van der Waals surface area contributed by atoms with Gasteiger partial charge in [0.1, 0.15) is 35.8 Å². The molecule has 3 N–H and O–H groups in total. The summed E-state index contributed by atoms with van der Waals surface area (Å²) in [5, 5.41) is 14.6. The molecule has 1 aliphatic heterocycles. The Morgan fingerprint density at radius 3 is 2.65 bits per heavy atom. The van der Waals surface area contributed by atoms with E-state index in [1.165, 1.54) is 25.3 Å². The molecule has 0 spiro atoms. The molecule has 0 radical (unpaired) electrons. The molecule has 3 aromatic heterocycles. The van der Waals surface area contributed by atoms with Crippen molar-refractivity contribution in [2.75, 3.05) is 43.3 Å². The maximum atomic E-state index is 12.2. The second-order valence-corrected chi connectivity index (χ2v) is 10.2. The fraction of sp³-hybridized carbons (Fsp3) is 0.333. The number of hydrogen-bond acceptors (Lipinski definition) is 11. The molecule has 1 atom stereocenters. The van der Waals surface area contributed by atoms with Crippen LogP contribution in [-0.2, 0) is 19.4 Å². The number of nitrogens with one attached hydrogen (secondary N) is 2. The van der Waals surface area contributed by atoms with Gasteiger partial charge in [0.15, 0.2) is 14.9 Å². The number of aromatic nitrogens is 3. The number of nitrogens with zero attached hydrogens (tertiary/aromatic N) is 3. The van der Waals surface area contributed by atoms with Crippen LogP contribution < -0.4 is 20.1 Å². The number of amides is 1. The summed E-state index contributed by atoms with van der Waals surface area (Å²) < 4.78 is 41.0.